The molecule has 0 spiro atoms. The lowest BCUT2D eigenvalue weighted by Gasteiger charge is -2.13. The molecule has 3 N–H and O–H groups in total. The van der Waals surface area contributed by atoms with E-state index in [0.29, 0.717) is 24.1 Å². The molecule has 5 heteroatoms. The second-order valence-electron chi connectivity index (χ2n) is 4.87. The molecule has 0 heterocycles. The van der Waals surface area contributed by atoms with Crippen molar-refractivity contribution in [1.82, 2.24) is 0 Å². The van der Waals surface area contributed by atoms with E-state index in [9.17, 15) is 18.3 Å². The lowest BCUT2D eigenvalue weighted by Crippen LogP contribution is -2.06. The third-order valence-electron chi connectivity index (χ3n) is 3.36. The number of aliphatic hydroxyl groups is 1. The average Bonchev–Trinajstić information content (AvgIpc) is 2.45. The highest BCUT2D eigenvalue weighted by atomic mass is 19.4. The molecule has 0 aliphatic carbocycles. The van der Waals surface area contributed by atoms with Gasteiger partial charge in [-0.1, -0.05) is 30.3 Å². The number of hydrogen-bond donors (Lipinski definition) is 2. The van der Waals surface area contributed by atoms with Gasteiger partial charge in [-0.15, -0.1) is 0 Å². The van der Waals surface area contributed by atoms with E-state index in [0.717, 1.165) is 17.7 Å². The van der Waals surface area contributed by atoms with Gasteiger partial charge in [0, 0.05) is 5.69 Å². The van der Waals surface area contributed by atoms with Crippen LogP contribution in [0.1, 0.15) is 29.2 Å². The summed E-state index contributed by atoms with van der Waals surface area (Å²) in [6.45, 7) is 0. The Hall–Kier alpha value is -2.01. The number of anilines is 1. The minimum Gasteiger partial charge on any atom is -0.399 e. The normalized spacial score (nSPS) is 13.1. The van der Waals surface area contributed by atoms with E-state index in [4.69, 9.17) is 5.73 Å². The first-order valence-corrected chi connectivity index (χ1v) is 6.56. The number of nitrogen functional groups attached to an aromatic ring is 1. The molecule has 112 valence electrons. The molecule has 0 aliphatic rings. The fourth-order valence-corrected chi connectivity index (χ4v) is 2.12. The van der Waals surface area contributed by atoms with E-state index in [2.05, 4.69) is 0 Å². The molecule has 0 aromatic heterocycles. The molecule has 0 fully saturated rings. The number of para-hydroxylation sites is 1. The quantitative estimate of drug-likeness (QED) is 0.839. The number of rotatable bonds is 4. The first-order chi connectivity index (χ1) is 9.88. The Morgan fingerprint density at radius 3 is 2.19 bits per heavy atom. The lowest BCUT2D eigenvalue weighted by molar-refractivity contribution is -0.137. The molecule has 2 rings (SSSR count). The van der Waals surface area contributed by atoms with E-state index >= 15 is 0 Å². The maximum atomic E-state index is 12.5. The number of alkyl halides is 3. The van der Waals surface area contributed by atoms with Crippen molar-refractivity contribution in [3.8, 4) is 0 Å². The maximum absolute atomic E-state index is 12.5. The summed E-state index contributed by atoms with van der Waals surface area (Å²) >= 11 is 0. The van der Waals surface area contributed by atoms with Crippen LogP contribution < -0.4 is 5.73 Å². The summed E-state index contributed by atoms with van der Waals surface area (Å²) in [5, 5.41) is 10.0. The van der Waals surface area contributed by atoms with Crippen LogP contribution in [0.4, 0.5) is 18.9 Å². The summed E-state index contributed by atoms with van der Waals surface area (Å²) in [6, 6.07) is 11.9. The summed E-state index contributed by atoms with van der Waals surface area (Å²) in [6.07, 6.45) is -4.21. The topological polar surface area (TPSA) is 46.2 Å². The van der Waals surface area contributed by atoms with E-state index in [1.807, 2.05) is 18.2 Å². The Bertz CT molecular complexity index is 593. The van der Waals surface area contributed by atoms with E-state index in [1.165, 1.54) is 12.1 Å². The van der Waals surface area contributed by atoms with E-state index in [-0.39, 0.29) is 0 Å². The highest BCUT2D eigenvalue weighted by molar-refractivity contribution is 5.46. The minimum absolute atomic E-state index is 0.402. The van der Waals surface area contributed by atoms with Crippen LogP contribution >= 0.6 is 0 Å². The molecule has 1 atom stereocenters. The van der Waals surface area contributed by atoms with Gasteiger partial charge >= 0.3 is 6.18 Å². The number of nitrogens with two attached hydrogens (primary N) is 1. The Balaban J connectivity index is 2.01. The standard InChI is InChI=1S/C16H16F3NO/c17-16(18,19)13-8-5-12(6-9-13)15(21)10-7-11-3-1-2-4-14(11)20/h1-6,8-9,15,21H,7,10,20H2. The second kappa shape index (κ2) is 6.18. The molecule has 2 nitrogen and oxygen atoms in total. The molecule has 21 heavy (non-hydrogen) atoms. The van der Waals surface area contributed by atoms with Crippen molar-refractivity contribution >= 4 is 5.69 Å². The van der Waals surface area contributed by atoms with Gasteiger partial charge in [0.1, 0.15) is 0 Å². The largest absolute Gasteiger partial charge is 0.416 e. The molecule has 0 radical (unpaired) electrons. The first-order valence-electron chi connectivity index (χ1n) is 6.56. The van der Waals surface area contributed by atoms with Crippen LogP contribution in [-0.2, 0) is 12.6 Å². The van der Waals surface area contributed by atoms with Gasteiger partial charge in [0.05, 0.1) is 11.7 Å². The molecule has 1 unspecified atom stereocenters. The van der Waals surface area contributed by atoms with Gasteiger partial charge in [-0.3, -0.25) is 0 Å². The Morgan fingerprint density at radius 2 is 1.62 bits per heavy atom. The molecule has 0 saturated carbocycles. The molecule has 0 bridgehead atoms. The zero-order valence-electron chi connectivity index (χ0n) is 11.3. The van der Waals surface area contributed by atoms with Crippen molar-refractivity contribution in [2.75, 3.05) is 5.73 Å². The zero-order valence-corrected chi connectivity index (χ0v) is 11.3. The molecule has 0 amide bonds. The van der Waals surface area contributed by atoms with Crippen LogP contribution in [-0.4, -0.2) is 5.11 Å². The molecular weight excluding hydrogens is 279 g/mol. The smallest absolute Gasteiger partial charge is 0.399 e. The minimum atomic E-state index is -4.36. The molecule has 2 aromatic rings. The number of aliphatic hydroxyl groups excluding tert-OH is 1. The van der Waals surface area contributed by atoms with Crippen LogP contribution in [0.25, 0.3) is 0 Å². The van der Waals surface area contributed by atoms with Gasteiger partial charge in [-0.2, -0.15) is 13.2 Å². The molecule has 2 aromatic carbocycles. The summed E-state index contributed by atoms with van der Waals surface area (Å²) in [5.41, 5.74) is 7.13. The summed E-state index contributed by atoms with van der Waals surface area (Å²) in [4.78, 5) is 0. The first kappa shape index (κ1) is 15.4. The highest BCUT2D eigenvalue weighted by Gasteiger charge is 2.30. The maximum Gasteiger partial charge on any atom is 0.416 e. The van der Waals surface area contributed by atoms with Gasteiger partial charge in [-0.05, 0) is 42.2 Å². The van der Waals surface area contributed by atoms with Crippen molar-refractivity contribution < 1.29 is 18.3 Å². The average molecular weight is 295 g/mol. The van der Waals surface area contributed by atoms with Crippen LogP contribution in [0.5, 0.6) is 0 Å². The molecular formula is C16H16F3NO. The van der Waals surface area contributed by atoms with Crippen molar-refractivity contribution in [3.05, 3.63) is 65.2 Å². The number of benzene rings is 2. The second-order valence-corrected chi connectivity index (χ2v) is 4.87. The van der Waals surface area contributed by atoms with Gasteiger partial charge in [0.2, 0.25) is 0 Å². The molecule has 0 saturated heterocycles. The molecule has 0 aliphatic heterocycles. The summed E-state index contributed by atoms with van der Waals surface area (Å²) in [7, 11) is 0. The number of aryl methyl sites for hydroxylation is 1. The third-order valence-corrected chi connectivity index (χ3v) is 3.36. The Morgan fingerprint density at radius 1 is 1.00 bits per heavy atom. The summed E-state index contributed by atoms with van der Waals surface area (Å²) < 4.78 is 37.4. The SMILES string of the molecule is Nc1ccccc1CCC(O)c1ccc(C(F)(F)F)cc1. The fraction of sp³-hybridized carbons (Fsp3) is 0.250. The lowest BCUT2D eigenvalue weighted by atomic mass is 9.99. The number of halogens is 3. The number of hydrogen-bond acceptors (Lipinski definition) is 2. The van der Waals surface area contributed by atoms with Gasteiger partial charge in [0.15, 0.2) is 0 Å². The van der Waals surface area contributed by atoms with Gasteiger partial charge < -0.3 is 10.8 Å². The van der Waals surface area contributed by atoms with Crippen molar-refractivity contribution in [2.45, 2.75) is 25.1 Å². The van der Waals surface area contributed by atoms with Crippen molar-refractivity contribution in [1.29, 1.82) is 0 Å². The van der Waals surface area contributed by atoms with Crippen LogP contribution in [0.15, 0.2) is 48.5 Å². The predicted molar refractivity (Wildman–Crippen MR) is 75.6 cm³/mol. The van der Waals surface area contributed by atoms with Crippen LogP contribution in [0.3, 0.4) is 0 Å². The monoisotopic (exact) mass is 295 g/mol. The van der Waals surface area contributed by atoms with Gasteiger partial charge in [0.25, 0.3) is 0 Å². The Labute approximate surface area is 121 Å². The highest BCUT2D eigenvalue weighted by Crippen LogP contribution is 2.30. The predicted octanol–water partition coefficient (Wildman–Crippen LogP) is 3.95. The Kier molecular flexibility index (Phi) is 4.53. The van der Waals surface area contributed by atoms with Gasteiger partial charge in [-0.25, -0.2) is 0 Å². The van der Waals surface area contributed by atoms with E-state index in [1.54, 1.807) is 6.07 Å². The van der Waals surface area contributed by atoms with Crippen LogP contribution in [0.2, 0.25) is 0 Å². The van der Waals surface area contributed by atoms with E-state index < -0.39 is 17.8 Å². The summed E-state index contributed by atoms with van der Waals surface area (Å²) in [5.74, 6) is 0. The zero-order chi connectivity index (χ0) is 15.5. The van der Waals surface area contributed by atoms with Crippen LogP contribution in [0, 0.1) is 0 Å². The van der Waals surface area contributed by atoms with Crippen molar-refractivity contribution in [3.63, 3.8) is 0 Å². The third kappa shape index (κ3) is 3.98. The fourth-order valence-electron chi connectivity index (χ4n) is 2.12. The van der Waals surface area contributed by atoms with Crippen molar-refractivity contribution in [2.24, 2.45) is 0 Å².